The Morgan fingerprint density at radius 3 is 2.06 bits per heavy atom. The Balaban J connectivity index is 1.33. The first-order valence-electron chi connectivity index (χ1n) is 10.8. The van der Waals surface area contributed by atoms with E-state index in [1.807, 2.05) is 17.0 Å². The summed E-state index contributed by atoms with van der Waals surface area (Å²) in [6, 6.07) is 25.9. The van der Waals surface area contributed by atoms with Crippen LogP contribution >= 0.6 is 23.4 Å². The van der Waals surface area contributed by atoms with Crippen LogP contribution in [0.5, 0.6) is 0 Å². The number of hydrogen-bond acceptors (Lipinski definition) is 3. The molecule has 0 radical (unpaired) electrons. The van der Waals surface area contributed by atoms with E-state index in [1.54, 1.807) is 12.1 Å². The average Bonchev–Trinajstić information content (AvgIpc) is 2.82. The Morgan fingerprint density at radius 2 is 1.50 bits per heavy atom. The van der Waals surface area contributed by atoms with Gasteiger partial charge in [0, 0.05) is 37.0 Å². The molecule has 0 aliphatic carbocycles. The smallest absolute Gasteiger partial charge is 0.232 e. The van der Waals surface area contributed by atoms with Crippen LogP contribution in [-0.4, -0.2) is 47.6 Å². The van der Waals surface area contributed by atoms with Gasteiger partial charge in [-0.05, 0) is 28.8 Å². The molecule has 3 aromatic rings. The average molecular weight is 469 g/mol. The van der Waals surface area contributed by atoms with E-state index in [0.29, 0.717) is 35.2 Å². The van der Waals surface area contributed by atoms with Gasteiger partial charge in [-0.1, -0.05) is 78.3 Å². The van der Waals surface area contributed by atoms with Gasteiger partial charge in [-0.25, -0.2) is 4.39 Å². The summed E-state index contributed by atoms with van der Waals surface area (Å²) < 4.78 is 13.9. The Labute approximate surface area is 198 Å². The van der Waals surface area contributed by atoms with Crippen molar-refractivity contribution in [1.82, 2.24) is 9.80 Å². The molecule has 1 amide bonds. The van der Waals surface area contributed by atoms with Crippen molar-refractivity contribution in [2.24, 2.45) is 0 Å². The van der Waals surface area contributed by atoms with Gasteiger partial charge in [0.1, 0.15) is 5.82 Å². The zero-order chi connectivity index (χ0) is 22.3. The van der Waals surface area contributed by atoms with E-state index in [0.717, 1.165) is 13.1 Å². The maximum atomic E-state index is 13.9. The first-order chi connectivity index (χ1) is 15.6. The van der Waals surface area contributed by atoms with Crippen molar-refractivity contribution in [3.05, 3.63) is 106 Å². The Hall–Kier alpha value is -2.34. The fourth-order valence-corrected chi connectivity index (χ4v) is 5.16. The standard InChI is InChI=1S/C26H26ClFN2OS/c27-23-12-11-22(24(28)17-23)18-32-19-25(31)29-13-15-30(16-14-29)26(20-7-3-1-4-8-20)21-9-5-2-6-10-21/h1-12,17,26H,13-16,18-19H2. The van der Waals surface area contributed by atoms with Crippen molar-refractivity contribution in [3.63, 3.8) is 0 Å². The van der Waals surface area contributed by atoms with Crippen LogP contribution in [0.2, 0.25) is 5.02 Å². The fourth-order valence-electron chi connectivity index (χ4n) is 4.09. The Morgan fingerprint density at radius 1 is 0.906 bits per heavy atom. The molecule has 0 spiro atoms. The summed E-state index contributed by atoms with van der Waals surface area (Å²) in [4.78, 5) is 17.1. The first kappa shape index (κ1) is 22.8. The molecule has 0 atom stereocenters. The molecule has 4 rings (SSSR count). The molecule has 0 bridgehead atoms. The van der Waals surface area contributed by atoms with Gasteiger partial charge in [0.25, 0.3) is 0 Å². The number of piperazine rings is 1. The van der Waals surface area contributed by atoms with E-state index >= 15 is 0 Å². The van der Waals surface area contributed by atoms with Crippen LogP contribution in [-0.2, 0) is 10.5 Å². The molecule has 0 unspecified atom stereocenters. The molecule has 166 valence electrons. The van der Waals surface area contributed by atoms with Gasteiger partial charge in [0.15, 0.2) is 0 Å². The summed E-state index contributed by atoms with van der Waals surface area (Å²) in [5, 5.41) is 0.384. The van der Waals surface area contributed by atoms with E-state index in [2.05, 4.69) is 53.4 Å². The molecule has 1 aliphatic heterocycles. The second kappa shape index (κ2) is 11.0. The predicted molar refractivity (Wildman–Crippen MR) is 130 cm³/mol. The molecule has 0 aromatic heterocycles. The third-order valence-electron chi connectivity index (χ3n) is 5.76. The summed E-state index contributed by atoms with van der Waals surface area (Å²) >= 11 is 7.24. The van der Waals surface area contributed by atoms with Crippen LogP contribution in [0.3, 0.4) is 0 Å². The molecule has 1 fully saturated rings. The first-order valence-corrected chi connectivity index (χ1v) is 12.3. The number of benzene rings is 3. The van der Waals surface area contributed by atoms with E-state index < -0.39 is 0 Å². The number of rotatable bonds is 7. The Bertz CT molecular complexity index is 987. The molecule has 32 heavy (non-hydrogen) atoms. The minimum absolute atomic E-state index is 0.111. The topological polar surface area (TPSA) is 23.6 Å². The van der Waals surface area contributed by atoms with Gasteiger partial charge in [-0.2, -0.15) is 0 Å². The Kier molecular flexibility index (Phi) is 7.85. The van der Waals surface area contributed by atoms with Gasteiger partial charge < -0.3 is 4.90 Å². The third kappa shape index (κ3) is 5.71. The molecule has 1 saturated heterocycles. The third-order valence-corrected chi connectivity index (χ3v) is 6.96. The second-order valence-electron chi connectivity index (χ2n) is 7.87. The lowest BCUT2D eigenvalue weighted by Gasteiger charge is -2.39. The highest BCUT2D eigenvalue weighted by Crippen LogP contribution is 2.29. The molecule has 0 N–H and O–H groups in total. The molecular weight excluding hydrogens is 443 g/mol. The van der Waals surface area contributed by atoms with Crippen molar-refractivity contribution < 1.29 is 9.18 Å². The molecular formula is C26H26ClFN2OS. The van der Waals surface area contributed by atoms with Crippen molar-refractivity contribution >= 4 is 29.3 Å². The normalized spacial score (nSPS) is 14.7. The highest BCUT2D eigenvalue weighted by atomic mass is 35.5. The maximum Gasteiger partial charge on any atom is 0.232 e. The van der Waals surface area contributed by atoms with E-state index in [4.69, 9.17) is 11.6 Å². The van der Waals surface area contributed by atoms with Crippen molar-refractivity contribution in [3.8, 4) is 0 Å². The summed E-state index contributed by atoms with van der Waals surface area (Å²) in [5.74, 6) is 0.598. The number of amides is 1. The monoisotopic (exact) mass is 468 g/mol. The zero-order valence-electron chi connectivity index (χ0n) is 17.8. The van der Waals surface area contributed by atoms with E-state index in [-0.39, 0.29) is 17.8 Å². The molecule has 3 aromatic carbocycles. The molecule has 1 aliphatic rings. The quantitative estimate of drug-likeness (QED) is 0.448. The minimum atomic E-state index is -0.320. The highest BCUT2D eigenvalue weighted by molar-refractivity contribution is 7.99. The number of carbonyl (C=O) groups excluding carboxylic acids is 1. The van der Waals surface area contributed by atoms with Crippen LogP contribution < -0.4 is 0 Å². The van der Waals surface area contributed by atoms with Crippen LogP contribution in [0, 0.1) is 5.82 Å². The molecule has 6 heteroatoms. The van der Waals surface area contributed by atoms with Crippen LogP contribution in [0.15, 0.2) is 78.9 Å². The zero-order valence-corrected chi connectivity index (χ0v) is 19.4. The van der Waals surface area contributed by atoms with Gasteiger partial charge in [0.05, 0.1) is 11.8 Å². The molecule has 0 saturated carbocycles. The lowest BCUT2D eigenvalue weighted by molar-refractivity contribution is -0.130. The SMILES string of the molecule is O=C(CSCc1ccc(Cl)cc1F)N1CCN(C(c2ccccc2)c2ccccc2)CC1. The van der Waals surface area contributed by atoms with Crippen LogP contribution in [0.25, 0.3) is 0 Å². The van der Waals surface area contributed by atoms with Gasteiger partial charge in [-0.3, -0.25) is 9.69 Å². The van der Waals surface area contributed by atoms with Crippen molar-refractivity contribution in [1.29, 1.82) is 0 Å². The number of thioether (sulfide) groups is 1. The van der Waals surface area contributed by atoms with Crippen molar-refractivity contribution in [2.75, 3.05) is 31.9 Å². The summed E-state index contributed by atoms with van der Waals surface area (Å²) in [5.41, 5.74) is 3.10. The van der Waals surface area contributed by atoms with Gasteiger partial charge >= 0.3 is 0 Å². The largest absolute Gasteiger partial charge is 0.339 e. The number of carbonyl (C=O) groups is 1. The lowest BCUT2D eigenvalue weighted by atomic mass is 9.96. The highest BCUT2D eigenvalue weighted by Gasteiger charge is 2.28. The van der Waals surface area contributed by atoms with Crippen LogP contribution in [0.4, 0.5) is 4.39 Å². The second-order valence-corrected chi connectivity index (χ2v) is 9.29. The van der Waals surface area contributed by atoms with Crippen LogP contribution in [0.1, 0.15) is 22.7 Å². The summed E-state index contributed by atoms with van der Waals surface area (Å²) in [6.45, 7) is 3.03. The number of hydrogen-bond donors (Lipinski definition) is 0. The van der Waals surface area contributed by atoms with E-state index in [1.165, 1.54) is 29.0 Å². The minimum Gasteiger partial charge on any atom is -0.339 e. The predicted octanol–water partition coefficient (Wildman–Crippen LogP) is 5.65. The van der Waals surface area contributed by atoms with Crippen molar-refractivity contribution in [2.45, 2.75) is 11.8 Å². The van der Waals surface area contributed by atoms with Gasteiger partial charge in [0.2, 0.25) is 5.91 Å². The molecule has 1 heterocycles. The molecule has 3 nitrogen and oxygen atoms in total. The summed E-state index contributed by atoms with van der Waals surface area (Å²) in [6.07, 6.45) is 0. The lowest BCUT2D eigenvalue weighted by Crippen LogP contribution is -2.50. The van der Waals surface area contributed by atoms with E-state index in [9.17, 15) is 9.18 Å². The summed E-state index contributed by atoms with van der Waals surface area (Å²) in [7, 11) is 0. The number of halogens is 2. The fraction of sp³-hybridized carbons (Fsp3) is 0.269. The van der Waals surface area contributed by atoms with Gasteiger partial charge in [-0.15, -0.1) is 11.8 Å². The maximum absolute atomic E-state index is 13.9. The number of nitrogens with zero attached hydrogens (tertiary/aromatic N) is 2.